The van der Waals surface area contributed by atoms with E-state index in [9.17, 15) is 4.79 Å². The van der Waals surface area contributed by atoms with E-state index in [1.54, 1.807) is 0 Å². The summed E-state index contributed by atoms with van der Waals surface area (Å²) in [4.78, 5) is 10.9. The molecule has 0 unspecified atom stereocenters. The molecule has 0 spiro atoms. The molecule has 0 aliphatic carbocycles. The number of nitrogens with zero attached hydrogens (tertiary/aromatic N) is 5. The Balaban J connectivity index is 2.43. The number of anilines is 1. The first kappa shape index (κ1) is 8.35. The Morgan fingerprint density at radius 2 is 2.36 bits per heavy atom. The van der Waals surface area contributed by atoms with Crippen molar-refractivity contribution in [3.8, 4) is 5.82 Å². The van der Waals surface area contributed by atoms with Gasteiger partial charge in [0.1, 0.15) is 5.69 Å². The number of carbonyl (C=O) groups is 1. The van der Waals surface area contributed by atoms with E-state index in [2.05, 4.69) is 25.3 Å². The number of nitrogens with two attached hydrogens (primary N) is 1. The molecule has 0 saturated carbocycles. The van der Waals surface area contributed by atoms with Gasteiger partial charge in [-0.25, -0.2) is 4.63 Å². The monoisotopic (exact) mass is 194 g/mol. The third-order valence-corrected chi connectivity index (χ3v) is 1.57. The average Bonchev–Trinajstić information content (AvgIpc) is 2.71. The van der Waals surface area contributed by atoms with Gasteiger partial charge in [0, 0.05) is 6.92 Å². The van der Waals surface area contributed by atoms with E-state index >= 15 is 0 Å². The van der Waals surface area contributed by atoms with E-state index in [-0.39, 0.29) is 23.1 Å². The first-order valence-electron chi connectivity index (χ1n) is 3.70. The van der Waals surface area contributed by atoms with Gasteiger partial charge in [-0.15, -0.1) is 5.10 Å². The van der Waals surface area contributed by atoms with Gasteiger partial charge < -0.3 is 5.73 Å². The van der Waals surface area contributed by atoms with Crippen LogP contribution in [0.25, 0.3) is 5.82 Å². The van der Waals surface area contributed by atoms with Crippen molar-refractivity contribution < 1.29 is 9.42 Å². The quantitative estimate of drug-likeness (QED) is 0.637. The highest BCUT2D eigenvalue weighted by atomic mass is 16.6. The molecule has 0 saturated heterocycles. The van der Waals surface area contributed by atoms with Gasteiger partial charge in [-0.3, -0.25) is 4.79 Å². The zero-order chi connectivity index (χ0) is 10.1. The van der Waals surface area contributed by atoms with E-state index in [1.807, 2.05) is 0 Å². The Hall–Kier alpha value is -2.25. The molecule has 0 bridgehead atoms. The zero-order valence-corrected chi connectivity index (χ0v) is 7.21. The second-order valence-electron chi connectivity index (χ2n) is 2.58. The van der Waals surface area contributed by atoms with Gasteiger partial charge in [0.15, 0.2) is 5.78 Å². The lowest BCUT2D eigenvalue weighted by Crippen LogP contribution is -1.99. The van der Waals surface area contributed by atoms with Crippen LogP contribution in [-0.2, 0) is 0 Å². The first-order chi connectivity index (χ1) is 6.68. The van der Waals surface area contributed by atoms with Crippen molar-refractivity contribution in [2.24, 2.45) is 0 Å². The van der Waals surface area contributed by atoms with Crippen LogP contribution >= 0.6 is 0 Å². The molecule has 0 radical (unpaired) electrons. The molecule has 0 fully saturated rings. The molecule has 0 amide bonds. The maximum Gasteiger partial charge on any atom is 0.243 e. The molecule has 14 heavy (non-hydrogen) atoms. The fourth-order valence-electron chi connectivity index (χ4n) is 0.878. The fourth-order valence-corrected chi connectivity index (χ4v) is 0.878. The minimum Gasteiger partial charge on any atom is -0.378 e. The topological polar surface area (TPSA) is 113 Å². The van der Waals surface area contributed by atoms with Crippen molar-refractivity contribution in [3.63, 3.8) is 0 Å². The second kappa shape index (κ2) is 2.91. The Labute approximate surface area is 77.7 Å². The van der Waals surface area contributed by atoms with Crippen molar-refractivity contribution in [1.29, 1.82) is 0 Å². The molecule has 2 aromatic rings. The van der Waals surface area contributed by atoms with Crippen LogP contribution in [0, 0.1) is 0 Å². The van der Waals surface area contributed by atoms with Crippen molar-refractivity contribution in [2.45, 2.75) is 6.92 Å². The van der Waals surface area contributed by atoms with Crippen molar-refractivity contribution in [3.05, 3.63) is 11.9 Å². The van der Waals surface area contributed by atoms with Crippen LogP contribution in [0.4, 0.5) is 5.82 Å². The highest BCUT2D eigenvalue weighted by Crippen LogP contribution is 2.09. The summed E-state index contributed by atoms with van der Waals surface area (Å²) < 4.78 is 5.60. The van der Waals surface area contributed by atoms with E-state index < -0.39 is 0 Å². The number of ketones is 1. The third-order valence-electron chi connectivity index (χ3n) is 1.57. The molecule has 2 rings (SSSR count). The number of hydrogen-bond donors (Lipinski definition) is 1. The van der Waals surface area contributed by atoms with Gasteiger partial charge in [-0.2, -0.15) is 4.68 Å². The average molecular weight is 194 g/mol. The Morgan fingerprint density at radius 1 is 1.57 bits per heavy atom. The van der Waals surface area contributed by atoms with Crippen molar-refractivity contribution in [2.75, 3.05) is 5.73 Å². The highest BCUT2D eigenvalue weighted by Gasteiger charge is 2.12. The number of hydrogen-bond acceptors (Lipinski definition) is 7. The lowest BCUT2D eigenvalue weighted by Gasteiger charge is -1.89. The minimum atomic E-state index is -0.189. The minimum absolute atomic E-state index is 0.0880. The molecular weight excluding hydrogens is 188 g/mol. The Kier molecular flexibility index (Phi) is 1.73. The fraction of sp³-hybridized carbons (Fsp3) is 0.167. The molecule has 2 heterocycles. The lowest BCUT2D eigenvalue weighted by atomic mass is 10.3. The molecule has 2 N–H and O–H groups in total. The number of rotatable bonds is 2. The standard InChI is InChI=1S/C6H6N6O2/c1-3(13)4-2-12(11-8-4)6-5(7)9-14-10-6/h2H,1H3,(H2,7,9). The summed E-state index contributed by atoms with van der Waals surface area (Å²) >= 11 is 0. The molecule has 8 nitrogen and oxygen atoms in total. The summed E-state index contributed by atoms with van der Waals surface area (Å²) in [5, 5.41) is 14.1. The van der Waals surface area contributed by atoms with Crippen molar-refractivity contribution in [1.82, 2.24) is 25.3 Å². The molecular formula is C6H6N6O2. The van der Waals surface area contributed by atoms with Crippen LogP contribution < -0.4 is 5.73 Å². The molecule has 0 aliphatic rings. The molecule has 72 valence electrons. The van der Waals surface area contributed by atoms with E-state index in [1.165, 1.54) is 17.8 Å². The summed E-state index contributed by atoms with van der Waals surface area (Å²) in [6.07, 6.45) is 1.40. The van der Waals surface area contributed by atoms with Crippen molar-refractivity contribution >= 4 is 11.6 Å². The SMILES string of the molecule is CC(=O)c1cn(-c2nonc2N)nn1. The van der Waals surface area contributed by atoms with Crippen LogP contribution in [0.5, 0.6) is 0 Å². The Morgan fingerprint density at radius 3 is 2.86 bits per heavy atom. The maximum atomic E-state index is 10.9. The number of Topliss-reactive ketones (excluding diaryl/α,β-unsaturated/α-hetero) is 1. The molecule has 2 aromatic heterocycles. The van der Waals surface area contributed by atoms with Gasteiger partial charge >= 0.3 is 0 Å². The highest BCUT2D eigenvalue weighted by molar-refractivity contribution is 5.91. The maximum absolute atomic E-state index is 10.9. The summed E-state index contributed by atoms with van der Waals surface area (Å²) in [5.41, 5.74) is 5.65. The van der Waals surface area contributed by atoms with Gasteiger partial charge in [0.05, 0.1) is 6.20 Å². The lowest BCUT2D eigenvalue weighted by molar-refractivity contribution is 0.101. The summed E-state index contributed by atoms with van der Waals surface area (Å²) in [7, 11) is 0. The number of nitrogen functional groups attached to an aromatic ring is 1. The van der Waals surface area contributed by atoms with Gasteiger partial charge in [-0.05, 0) is 10.3 Å². The normalized spacial score (nSPS) is 10.4. The van der Waals surface area contributed by atoms with Gasteiger partial charge in [0.25, 0.3) is 0 Å². The smallest absolute Gasteiger partial charge is 0.243 e. The van der Waals surface area contributed by atoms with Crippen LogP contribution in [-0.4, -0.2) is 31.1 Å². The van der Waals surface area contributed by atoms with E-state index in [0.29, 0.717) is 0 Å². The predicted molar refractivity (Wildman–Crippen MR) is 43.6 cm³/mol. The van der Waals surface area contributed by atoms with Crippen LogP contribution in [0.1, 0.15) is 17.4 Å². The van der Waals surface area contributed by atoms with Crippen LogP contribution in [0.2, 0.25) is 0 Å². The zero-order valence-electron chi connectivity index (χ0n) is 7.21. The summed E-state index contributed by atoms with van der Waals surface area (Å²) in [6, 6.07) is 0. The number of carbonyl (C=O) groups excluding carboxylic acids is 1. The van der Waals surface area contributed by atoms with Crippen LogP contribution in [0.15, 0.2) is 10.8 Å². The van der Waals surface area contributed by atoms with E-state index in [0.717, 1.165) is 0 Å². The molecule has 0 aliphatic heterocycles. The molecule has 0 atom stereocenters. The largest absolute Gasteiger partial charge is 0.378 e. The molecule has 8 heteroatoms. The van der Waals surface area contributed by atoms with Crippen LogP contribution in [0.3, 0.4) is 0 Å². The first-order valence-corrected chi connectivity index (χ1v) is 3.70. The second-order valence-corrected chi connectivity index (χ2v) is 2.58. The van der Waals surface area contributed by atoms with Gasteiger partial charge in [-0.1, -0.05) is 5.21 Å². The Bertz CT molecular complexity index is 472. The van der Waals surface area contributed by atoms with E-state index in [4.69, 9.17) is 5.73 Å². The summed E-state index contributed by atoms with van der Waals surface area (Å²) in [6.45, 7) is 1.39. The molecule has 0 aromatic carbocycles. The number of aromatic nitrogens is 5. The van der Waals surface area contributed by atoms with Gasteiger partial charge in [0.2, 0.25) is 11.6 Å². The third kappa shape index (κ3) is 1.22. The summed E-state index contributed by atoms with van der Waals surface area (Å²) in [5.74, 6) is 0.112. The predicted octanol–water partition coefficient (Wildman–Crippen LogP) is -0.565.